The Bertz CT molecular complexity index is 1160. The molecular weight excluding hydrogens is 466 g/mol. The fourth-order valence-electron chi connectivity index (χ4n) is 3.78. The number of hydrogen-bond acceptors (Lipinski definition) is 6. The average molecular weight is 492 g/mol. The first-order valence-electron chi connectivity index (χ1n) is 10.6. The average Bonchev–Trinajstić information content (AvgIpc) is 2.79. The maximum Gasteiger partial charge on any atom is 0.335 e. The first kappa shape index (κ1) is 25.0. The molecule has 1 aliphatic heterocycles. The van der Waals surface area contributed by atoms with Crippen LogP contribution >= 0.6 is 11.6 Å². The lowest BCUT2D eigenvalue weighted by atomic mass is 9.93. The zero-order chi connectivity index (χ0) is 24.2. The lowest BCUT2D eigenvalue weighted by molar-refractivity contribution is -0.150. The predicted octanol–water partition coefficient (Wildman–Crippen LogP) is 4.21. The van der Waals surface area contributed by atoms with Gasteiger partial charge in [0.15, 0.2) is 6.04 Å². The third-order valence-corrected chi connectivity index (χ3v) is 7.53. The Kier molecular flexibility index (Phi) is 7.94. The summed E-state index contributed by atoms with van der Waals surface area (Å²) in [5, 5.41) is 0.349. The molecule has 0 aromatic heterocycles. The van der Waals surface area contributed by atoms with Crippen LogP contribution in [0.2, 0.25) is 5.02 Å². The number of carbonyl (C=O) groups is 2. The normalized spacial score (nSPS) is 19.0. The highest BCUT2D eigenvalue weighted by molar-refractivity contribution is 7.89. The van der Waals surface area contributed by atoms with Gasteiger partial charge in [0.25, 0.3) is 0 Å². The quantitative estimate of drug-likeness (QED) is 0.539. The summed E-state index contributed by atoms with van der Waals surface area (Å²) in [5.74, 6) is -1.62. The number of benzene rings is 2. The summed E-state index contributed by atoms with van der Waals surface area (Å²) < 4.78 is 39.2. The summed E-state index contributed by atoms with van der Waals surface area (Å²) in [6, 6.07) is 10.7. The highest BCUT2D eigenvalue weighted by Gasteiger charge is 2.48. The summed E-state index contributed by atoms with van der Waals surface area (Å²) >= 11 is 6.43. The highest BCUT2D eigenvalue weighted by Crippen LogP contribution is 2.41. The van der Waals surface area contributed by atoms with Crippen LogP contribution in [0.15, 0.2) is 65.1 Å². The van der Waals surface area contributed by atoms with Crippen LogP contribution in [0.5, 0.6) is 0 Å². The van der Waals surface area contributed by atoms with Crippen molar-refractivity contribution in [3.63, 3.8) is 0 Å². The van der Waals surface area contributed by atoms with E-state index in [0.29, 0.717) is 10.6 Å². The molecule has 0 aliphatic carbocycles. The number of halogens is 1. The molecule has 2 aromatic carbocycles. The van der Waals surface area contributed by atoms with Gasteiger partial charge in [-0.15, -0.1) is 0 Å². The molecule has 3 rings (SSSR count). The van der Waals surface area contributed by atoms with Gasteiger partial charge in [0.05, 0.1) is 29.7 Å². The Hall–Kier alpha value is -2.68. The zero-order valence-electron chi connectivity index (χ0n) is 18.7. The largest absolute Gasteiger partial charge is 0.465 e. The van der Waals surface area contributed by atoms with Gasteiger partial charge in [0, 0.05) is 5.02 Å². The van der Waals surface area contributed by atoms with E-state index in [2.05, 4.69) is 0 Å². The molecule has 0 fully saturated rings. The third kappa shape index (κ3) is 5.13. The van der Waals surface area contributed by atoms with Gasteiger partial charge in [-0.05, 0) is 51.0 Å². The Morgan fingerprint density at radius 2 is 1.67 bits per heavy atom. The van der Waals surface area contributed by atoms with Crippen LogP contribution in [0, 0.1) is 6.92 Å². The number of ether oxygens (including phenoxy) is 2. The minimum absolute atomic E-state index is 0.00967. The van der Waals surface area contributed by atoms with E-state index in [4.69, 9.17) is 21.1 Å². The Morgan fingerprint density at radius 1 is 1.03 bits per heavy atom. The molecule has 0 radical (unpaired) electrons. The fraction of sp³-hybridized carbons (Fsp3) is 0.333. The third-order valence-electron chi connectivity index (χ3n) is 5.30. The van der Waals surface area contributed by atoms with Gasteiger partial charge in [0.1, 0.15) is 0 Å². The van der Waals surface area contributed by atoms with Gasteiger partial charge in [0.2, 0.25) is 10.0 Å². The predicted molar refractivity (Wildman–Crippen MR) is 124 cm³/mol. The molecule has 0 saturated heterocycles. The van der Waals surface area contributed by atoms with Crippen LogP contribution in [-0.4, -0.2) is 43.9 Å². The molecule has 0 N–H and O–H groups in total. The number of carbonyl (C=O) groups excluding carboxylic acids is 2. The van der Waals surface area contributed by atoms with E-state index >= 15 is 0 Å². The van der Waals surface area contributed by atoms with Crippen LogP contribution in [0.1, 0.15) is 37.4 Å². The Labute approximate surface area is 199 Å². The first-order valence-corrected chi connectivity index (χ1v) is 12.4. The van der Waals surface area contributed by atoms with Gasteiger partial charge in [-0.1, -0.05) is 53.6 Å². The molecule has 0 unspecified atom stereocenters. The molecule has 176 valence electrons. The van der Waals surface area contributed by atoms with E-state index in [-0.39, 0.29) is 30.1 Å². The number of aryl methyl sites for hydroxylation is 1. The molecule has 0 bridgehead atoms. The molecule has 33 heavy (non-hydrogen) atoms. The van der Waals surface area contributed by atoms with E-state index in [1.54, 1.807) is 50.2 Å². The molecule has 2 atom stereocenters. The summed E-state index contributed by atoms with van der Waals surface area (Å²) in [4.78, 5) is 25.8. The van der Waals surface area contributed by atoms with E-state index in [1.807, 2.05) is 6.92 Å². The van der Waals surface area contributed by atoms with Gasteiger partial charge < -0.3 is 9.47 Å². The van der Waals surface area contributed by atoms with E-state index in [1.165, 1.54) is 18.2 Å². The maximum atomic E-state index is 13.9. The Morgan fingerprint density at radius 3 is 2.27 bits per heavy atom. The minimum Gasteiger partial charge on any atom is -0.465 e. The van der Waals surface area contributed by atoms with E-state index in [9.17, 15) is 18.0 Å². The van der Waals surface area contributed by atoms with E-state index in [0.717, 1.165) is 9.87 Å². The number of nitrogens with zero attached hydrogens (tertiary/aromatic N) is 1. The monoisotopic (exact) mass is 491 g/mol. The molecule has 1 aliphatic rings. The SMILES string of the molecule is CCOC(=O)C1=CC[C@H](c2ccccc2Cl)N(S(=O)(=O)c2ccc(C)cc2)[C@@H]1C(=O)OCC. The second-order valence-corrected chi connectivity index (χ2v) is 9.71. The van der Waals surface area contributed by atoms with Crippen molar-refractivity contribution in [3.05, 3.63) is 76.3 Å². The van der Waals surface area contributed by atoms with Crippen LogP contribution in [0.25, 0.3) is 0 Å². The number of rotatable bonds is 7. The van der Waals surface area contributed by atoms with Crippen molar-refractivity contribution in [2.45, 2.75) is 44.2 Å². The van der Waals surface area contributed by atoms with Crippen molar-refractivity contribution >= 4 is 33.6 Å². The molecule has 9 heteroatoms. The summed E-state index contributed by atoms with van der Waals surface area (Å²) in [7, 11) is -4.26. The standard InChI is InChI=1S/C24H26ClNO6S/c1-4-31-23(27)19-14-15-21(18-8-6-7-9-20(18)25)26(22(19)24(28)32-5-2)33(29,30)17-12-10-16(3)11-13-17/h6-14,21-22H,4-5,15H2,1-3H3/t21-,22+/m1/s1. The van der Waals surface area contributed by atoms with Crippen molar-refractivity contribution in [3.8, 4) is 0 Å². The molecule has 0 spiro atoms. The van der Waals surface area contributed by atoms with Gasteiger partial charge >= 0.3 is 11.9 Å². The summed E-state index contributed by atoms with van der Waals surface area (Å²) in [5.41, 5.74) is 1.32. The van der Waals surface area contributed by atoms with Crippen LogP contribution in [0.4, 0.5) is 0 Å². The van der Waals surface area contributed by atoms with Crippen molar-refractivity contribution in [1.29, 1.82) is 0 Å². The van der Waals surface area contributed by atoms with Crippen molar-refractivity contribution in [2.75, 3.05) is 13.2 Å². The molecular formula is C24H26ClNO6S. The topological polar surface area (TPSA) is 90.0 Å². The Balaban J connectivity index is 2.26. The molecule has 7 nitrogen and oxygen atoms in total. The van der Waals surface area contributed by atoms with Crippen LogP contribution in [0.3, 0.4) is 0 Å². The van der Waals surface area contributed by atoms with Crippen LogP contribution < -0.4 is 0 Å². The second kappa shape index (κ2) is 10.5. The fourth-order valence-corrected chi connectivity index (χ4v) is 5.78. The highest BCUT2D eigenvalue weighted by atomic mass is 35.5. The first-order chi connectivity index (χ1) is 15.7. The second-order valence-electron chi connectivity index (χ2n) is 7.46. The lowest BCUT2D eigenvalue weighted by Crippen LogP contribution is -2.52. The van der Waals surface area contributed by atoms with E-state index < -0.39 is 34.0 Å². The number of esters is 2. The molecule has 0 saturated carbocycles. The van der Waals surface area contributed by atoms with Crippen LogP contribution in [-0.2, 0) is 29.1 Å². The maximum absolute atomic E-state index is 13.9. The van der Waals surface area contributed by atoms with Crippen molar-refractivity contribution in [2.24, 2.45) is 0 Å². The van der Waals surface area contributed by atoms with Crippen molar-refractivity contribution in [1.82, 2.24) is 4.31 Å². The number of hydrogen-bond donors (Lipinski definition) is 0. The van der Waals surface area contributed by atoms with Gasteiger partial charge in [-0.2, -0.15) is 4.31 Å². The van der Waals surface area contributed by atoms with Gasteiger partial charge in [-0.3, -0.25) is 0 Å². The lowest BCUT2D eigenvalue weighted by Gasteiger charge is -2.39. The number of sulfonamides is 1. The smallest absolute Gasteiger partial charge is 0.335 e. The molecule has 2 aromatic rings. The molecule has 1 heterocycles. The minimum atomic E-state index is -4.26. The zero-order valence-corrected chi connectivity index (χ0v) is 20.2. The van der Waals surface area contributed by atoms with Gasteiger partial charge in [-0.25, -0.2) is 18.0 Å². The summed E-state index contributed by atoms with van der Waals surface area (Å²) in [6.45, 7) is 5.17. The molecule has 0 amide bonds. The van der Waals surface area contributed by atoms with Crippen molar-refractivity contribution < 1.29 is 27.5 Å². The summed E-state index contributed by atoms with van der Waals surface area (Å²) in [6.07, 6.45) is 1.66.